The van der Waals surface area contributed by atoms with Gasteiger partial charge in [0.2, 0.25) is 0 Å². The van der Waals surface area contributed by atoms with E-state index < -0.39 is 18.1 Å². The van der Waals surface area contributed by atoms with Gasteiger partial charge in [-0.05, 0) is 36.2 Å². The third kappa shape index (κ3) is 11.7. The van der Waals surface area contributed by atoms with Gasteiger partial charge in [0.05, 0.1) is 13.0 Å². The minimum absolute atomic E-state index is 0.155. The minimum Gasteiger partial charge on any atom is -0.493 e. The summed E-state index contributed by atoms with van der Waals surface area (Å²) in [6.07, 6.45) is -3.18. The molecule has 2 aromatic rings. The van der Waals surface area contributed by atoms with Crippen molar-refractivity contribution >= 4 is 11.9 Å². The van der Waals surface area contributed by atoms with Crippen molar-refractivity contribution in [3.05, 3.63) is 65.7 Å². The predicted octanol–water partition coefficient (Wildman–Crippen LogP) is 3.55. The molecule has 0 saturated heterocycles. The van der Waals surface area contributed by atoms with Gasteiger partial charge in [-0.25, -0.2) is 4.79 Å². The number of ether oxygens (including phenoxy) is 1. The Bertz CT molecular complexity index is 782. The lowest BCUT2D eigenvalue weighted by molar-refractivity contribution is -0.192. The van der Waals surface area contributed by atoms with Crippen LogP contribution in [0.5, 0.6) is 5.75 Å². The summed E-state index contributed by atoms with van der Waals surface area (Å²) < 4.78 is 37.5. The smallest absolute Gasteiger partial charge is 0.490 e. The van der Waals surface area contributed by atoms with Gasteiger partial charge in [0.25, 0.3) is 0 Å². The van der Waals surface area contributed by atoms with E-state index in [-0.39, 0.29) is 6.42 Å². The molecule has 3 N–H and O–H groups in total. The number of nitrogens with one attached hydrogen (secondary N) is 1. The van der Waals surface area contributed by atoms with Crippen LogP contribution in [-0.2, 0) is 22.4 Å². The molecule has 0 aliphatic heterocycles. The lowest BCUT2D eigenvalue weighted by atomic mass is 10.1. The minimum atomic E-state index is -5.08. The van der Waals surface area contributed by atoms with Crippen LogP contribution in [0.25, 0.3) is 0 Å². The van der Waals surface area contributed by atoms with Crippen molar-refractivity contribution in [1.29, 1.82) is 0 Å². The van der Waals surface area contributed by atoms with Crippen LogP contribution >= 0.6 is 0 Å². The predicted molar refractivity (Wildman–Crippen MR) is 105 cm³/mol. The Morgan fingerprint density at radius 3 is 2.13 bits per heavy atom. The van der Waals surface area contributed by atoms with Crippen LogP contribution in [0.4, 0.5) is 13.2 Å². The molecule has 9 heteroatoms. The zero-order valence-electron chi connectivity index (χ0n) is 16.2. The van der Waals surface area contributed by atoms with E-state index in [0.717, 1.165) is 25.1 Å². The van der Waals surface area contributed by atoms with E-state index in [0.29, 0.717) is 13.2 Å². The van der Waals surface area contributed by atoms with Gasteiger partial charge in [0, 0.05) is 13.0 Å². The second-order valence-electron chi connectivity index (χ2n) is 6.18. The molecule has 0 aliphatic carbocycles. The van der Waals surface area contributed by atoms with Gasteiger partial charge in [-0.3, -0.25) is 4.79 Å². The van der Waals surface area contributed by atoms with Crippen LogP contribution in [0.15, 0.2) is 54.6 Å². The zero-order chi connectivity index (χ0) is 22.4. The summed E-state index contributed by atoms with van der Waals surface area (Å²) in [5.41, 5.74) is 2.45. The second kappa shape index (κ2) is 13.2. The Balaban J connectivity index is 0.000000553. The van der Waals surface area contributed by atoms with Crippen molar-refractivity contribution in [3.63, 3.8) is 0 Å². The summed E-state index contributed by atoms with van der Waals surface area (Å²) in [6.45, 7) is 1.92. The molecule has 0 aromatic heterocycles. The van der Waals surface area contributed by atoms with E-state index in [1.165, 1.54) is 11.1 Å². The fourth-order valence-corrected chi connectivity index (χ4v) is 2.28. The molecule has 0 atom stereocenters. The van der Waals surface area contributed by atoms with Crippen molar-refractivity contribution in [2.45, 2.75) is 25.4 Å². The summed E-state index contributed by atoms with van der Waals surface area (Å²) in [4.78, 5) is 19.3. The normalized spacial score (nSPS) is 10.6. The van der Waals surface area contributed by atoms with Gasteiger partial charge >= 0.3 is 18.1 Å². The van der Waals surface area contributed by atoms with E-state index >= 15 is 0 Å². The first-order chi connectivity index (χ1) is 14.2. The van der Waals surface area contributed by atoms with E-state index in [1.54, 1.807) is 0 Å². The average molecular weight is 427 g/mol. The van der Waals surface area contributed by atoms with Crippen LogP contribution < -0.4 is 10.1 Å². The van der Waals surface area contributed by atoms with E-state index in [4.69, 9.17) is 19.7 Å². The summed E-state index contributed by atoms with van der Waals surface area (Å²) in [5.74, 6) is -2.65. The molecule has 2 aromatic carbocycles. The standard InChI is InChI=1S/C19H23NO3.C2HF3O2/c21-19(22)10-13-20-12-9-17-7-4-8-18(15-17)23-14-11-16-5-2-1-3-6-16;3-2(4,5)1(6)7/h1-8,15,20H,9-14H2,(H,21,22);(H,6,7). The number of carboxylic acid groups (broad SMARTS) is 2. The van der Waals surface area contributed by atoms with Crippen LogP contribution in [-0.4, -0.2) is 48.0 Å². The quantitative estimate of drug-likeness (QED) is 0.502. The first-order valence-corrected chi connectivity index (χ1v) is 9.17. The highest BCUT2D eigenvalue weighted by molar-refractivity contribution is 5.73. The van der Waals surface area contributed by atoms with Gasteiger partial charge in [0.1, 0.15) is 5.75 Å². The SMILES string of the molecule is O=C(O)C(F)(F)F.O=C(O)CCNCCc1cccc(OCCc2ccccc2)c1. The van der Waals surface area contributed by atoms with Crippen molar-refractivity contribution in [3.8, 4) is 5.75 Å². The van der Waals surface area contributed by atoms with Crippen molar-refractivity contribution < 1.29 is 37.7 Å². The van der Waals surface area contributed by atoms with Crippen LogP contribution in [0.1, 0.15) is 17.5 Å². The highest BCUT2D eigenvalue weighted by Crippen LogP contribution is 2.14. The maximum absolute atomic E-state index is 10.6. The number of carboxylic acids is 2. The fourth-order valence-electron chi connectivity index (χ4n) is 2.28. The van der Waals surface area contributed by atoms with E-state index in [2.05, 4.69) is 23.5 Å². The number of halogens is 3. The Kier molecular flexibility index (Phi) is 11.0. The second-order valence-corrected chi connectivity index (χ2v) is 6.18. The van der Waals surface area contributed by atoms with Crippen LogP contribution in [0.3, 0.4) is 0 Å². The highest BCUT2D eigenvalue weighted by Gasteiger charge is 2.38. The highest BCUT2D eigenvalue weighted by atomic mass is 19.4. The molecular weight excluding hydrogens is 403 g/mol. The first kappa shape index (κ1) is 25.0. The number of rotatable bonds is 10. The van der Waals surface area contributed by atoms with Gasteiger partial charge < -0.3 is 20.3 Å². The fraction of sp³-hybridized carbons (Fsp3) is 0.333. The van der Waals surface area contributed by atoms with E-state index in [1.807, 2.05) is 36.4 Å². The molecule has 0 amide bonds. The maximum atomic E-state index is 10.6. The van der Waals surface area contributed by atoms with Gasteiger partial charge in [0.15, 0.2) is 0 Å². The molecule has 6 nitrogen and oxygen atoms in total. The third-order valence-corrected chi connectivity index (χ3v) is 3.75. The average Bonchev–Trinajstić information content (AvgIpc) is 2.68. The summed E-state index contributed by atoms with van der Waals surface area (Å²) >= 11 is 0. The Morgan fingerprint density at radius 1 is 0.900 bits per heavy atom. The lowest BCUT2D eigenvalue weighted by Gasteiger charge is -2.09. The molecule has 0 fully saturated rings. The molecule has 2 rings (SSSR count). The first-order valence-electron chi connectivity index (χ1n) is 9.17. The Morgan fingerprint density at radius 2 is 1.53 bits per heavy atom. The maximum Gasteiger partial charge on any atom is 0.490 e. The number of alkyl halides is 3. The molecule has 0 bridgehead atoms. The Hall–Kier alpha value is -3.07. The summed E-state index contributed by atoms with van der Waals surface area (Å²) in [7, 11) is 0. The number of hydrogen-bond acceptors (Lipinski definition) is 4. The van der Waals surface area contributed by atoms with Gasteiger partial charge in [-0.1, -0.05) is 42.5 Å². The molecule has 0 spiro atoms. The van der Waals surface area contributed by atoms with Gasteiger partial charge in [-0.2, -0.15) is 13.2 Å². The zero-order valence-corrected chi connectivity index (χ0v) is 16.2. The largest absolute Gasteiger partial charge is 0.493 e. The van der Waals surface area contributed by atoms with Gasteiger partial charge in [-0.15, -0.1) is 0 Å². The molecule has 164 valence electrons. The van der Waals surface area contributed by atoms with Crippen molar-refractivity contribution in [2.24, 2.45) is 0 Å². The third-order valence-electron chi connectivity index (χ3n) is 3.75. The van der Waals surface area contributed by atoms with Crippen molar-refractivity contribution in [1.82, 2.24) is 5.32 Å². The molecule has 0 saturated carbocycles. The number of hydrogen-bond donors (Lipinski definition) is 3. The number of carbonyl (C=O) groups is 2. The topological polar surface area (TPSA) is 95.9 Å². The molecule has 0 aliphatic rings. The molecule has 0 unspecified atom stereocenters. The molecular formula is C21H24F3NO5. The van der Waals surface area contributed by atoms with Crippen LogP contribution in [0.2, 0.25) is 0 Å². The van der Waals surface area contributed by atoms with Crippen molar-refractivity contribution in [2.75, 3.05) is 19.7 Å². The summed E-state index contributed by atoms with van der Waals surface area (Å²) in [6, 6.07) is 18.3. The molecule has 0 radical (unpaired) electrons. The number of aliphatic carboxylic acids is 2. The lowest BCUT2D eigenvalue weighted by Crippen LogP contribution is -2.21. The monoisotopic (exact) mass is 427 g/mol. The summed E-state index contributed by atoms with van der Waals surface area (Å²) in [5, 5.41) is 18.8. The van der Waals surface area contributed by atoms with Crippen LogP contribution in [0, 0.1) is 0 Å². The number of benzene rings is 2. The molecule has 0 heterocycles. The molecule has 30 heavy (non-hydrogen) atoms. The Labute approximate surface area is 172 Å². The van der Waals surface area contributed by atoms with E-state index in [9.17, 15) is 18.0 Å².